The van der Waals surface area contributed by atoms with Crippen LogP contribution in [0.1, 0.15) is 17.7 Å². The normalized spacial score (nSPS) is 13.5. The fourth-order valence-electron chi connectivity index (χ4n) is 9.75. The van der Waals surface area contributed by atoms with Gasteiger partial charge < -0.3 is 18.1 Å². The fourth-order valence-corrected chi connectivity index (χ4v) is 9.75. The smallest absolute Gasteiger partial charge is 0.145 e. The molecule has 0 radical (unpaired) electrons. The van der Waals surface area contributed by atoms with Crippen molar-refractivity contribution in [2.75, 3.05) is 4.90 Å². The van der Waals surface area contributed by atoms with Crippen molar-refractivity contribution in [3.63, 3.8) is 0 Å². The number of nitrogens with zero attached hydrogens (tertiary/aromatic N) is 3. The van der Waals surface area contributed by atoms with Gasteiger partial charge in [-0.1, -0.05) is 84.9 Å². The number of aromatic nitrogens is 2. The van der Waals surface area contributed by atoms with Crippen LogP contribution in [0.15, 0.2) is 150 Å². The lowest BCUT2D eigenvalue weighted by Crippen LogP contribution is -2.09. The van der Waals surface area contributed by atoms with Gasteiger partial charge in [-0.3, -0.25) is 0 Å². The lowest BCUT2D eigenvalue weighted by molar-refractivity contribution is 0.598. The second-order valence-electron chi connectivity index (χ2n) is 14.4. The van der Waals surface area contributed by atoms with Crippen molar-refractivity contribution in [2.24, 2.45) is 0 Å². The van der Waals surface area contributed by atoms with E-state index in [0.717, 1.165) is 41.2 Å². The van der Waals surface area contributed by atoms with E-state index < -0.39 is 0 Å². The van der Waals surface area contributed by atoms with Crippen molar-refractivity contribution in [1.82, 2.24) is 8.80 Å². The maximum Gasteiger partial charge on any atom is 0.145 e. The highest BCUT2D eigenvalue weighted by Gasteiger charge is 2.29. The van der Waals surface area contributed by atoms with Crippen LogP contribution < -0.4 is 4.90 Å². The predicted octanol–water partition coefficient (Wildman–Crippen LogP) is 13.2. The molecule has 52 heavy (non-hydrogen) atoms. The molecule has 5 aromatic heterocycles. The Morgan fingerprint density at radius 2 is 1.12 bits per heavy atom. The first-order valence-electron chi connectivity index (χ1n) is 18.2. The molecule has 7 aromatic carbocycles. The van der Waals surface area contributed by atoms with Crippen LogP contribution >= 0.6 is 0 Å². The third kappa shape index (κ3) is 3.20. The molecule has 4 nitrogen and oxygen atoms in total. The van der Waals surface area contributed by atoms with Crippen LogP contribution in [-0.2, 0) is 6.42 Å². The molecule has 242 valence electrons. The van der Waals surface area contributed by atoms with Gasteiger partial charge in [-0.05, 0) is 79.6 Å². The van der Waals surface area contributed by atoms with Gasteiger partial charge in [-0.25, -0.2) is 0 Å². The number of fused-ring (bicyclic) bond motifs is 17. The van der Waals surface area contributed by atoms with E-state index in [0.29, 0.717) is 0 Å². The molecule has 0 amide bonds. The monoisotopic (exact) mass is 663 g/mol. The third-order valence-electron chi connectivity index (χ3n) is 11.8. The molecule has 0 N–H and O–H groups in total. The maximum atomic E-state index is 6.74. The summed E-state index contributed by atoms with van der Waals surface area (Å²) in [6.07, 6.45) is 6.46. The van der Waals surface area contributed by atoms with Crippen molar-refractivity contribution < 1.29 is 4.42 Å². The van der Waals surface area contributed by atoms with E-state index in [4.69, 9.17) is 4.42 Å². The molecule has 0 spiro atoms. The first-order valence-corrected chi connectivity index (χ1v) is 18.2. The second kappa shape index (κ2) is 9.51. The number of benzene rings is 7. The molecule has 0 aliphatic heterocycles. The summed E-state index contributed by atoms with van der Waals surface area (Å²) < 4.78 is 11.8. The van der Waals surface area contributed by atoms with Crippen molar-refractivity contribution in [3.05, 3.63) is 157 Å². The van der Waals surface area contributed by atoms with Gasteiger partial charge in [0.1, 0.15) is 11.3 Å². The molecule has 0 bridgehead atoms. The van der Waals surface area contributed by atoms with Crippen LogP contribution in [0.4, 0.5) is 17.1 Å². The van der Waals surface area contributed by atoms with Gasteiger partial charge in [-0.2, -0.15) is 0 Å². The minimum atomic E-state index is 1.00. The number of anilines is 3. The van der Waals surface area contributed by atoms with Crippen LogP contribution in [-0.4, -0.2) is 8.80 Å². The number of para-hydroxylation sites is 4. The van der Waals surface area contributed by atoms with Crippen LogP contribution in [0.25, 0.3) is 93.2 Å². The van der Waals surface area contributed by atoms with Gasteiger partial charge in [0, 0.05) is 65.7 Å². The highest BCUT2D eigenvalue weighted by molar-refractivity contribution is 6.40. The van der Waals surface area contributed by atoms with Crippen molar-refractivity contribution in [2.45, 2.75) is 12.8 Å². The zero-order chi connectivity index (χ0) is 33.7. The van der Waals surface area contributed by atoms with Crippen molar-refractivity contribution in [3.8, 4) is 0 Å². The van der Waals surface area contributed by atoms with E-state index in [1.165, 1.54) is 87.1 Å². The quantitative estimate of drug-likeness (QED) is 0.188. The summed E-state index contributed by atoms with van der Waals surface area (Å²) >= 11 is 0. The largest absolute Gasteiger partial charge is 0.456 e. The van der Waals surface area contributed by atoms with E-state index in [9.17, 15) is 0 Å². The second-order valence-corrected chi connectivity index (χ2v) is 14.4. The Bertz CT molecular complexity index is 3410. The van der Waals surface area contributed by atoms with Gasteiger partial charge in [0.05, 0.1) is 38.5 Å². The summed E-state index contributed by atoms with van der Waals surface area (Å²) in [4.78, 5) is 2.36. The maximum absolute atomic E-state index is 6.74. The summed E-state index contributed by atoms with van der Waals surface area (Å²) in [6.45, 7) is 0. The van der Waals surface area contributed by atoms with Gasteiger partial charge in [-0.15, -0.1) is 0 Å². The Balaban J connectivity index is 1.22. The lowest BCUT2D eigenvalue weighted by atomic mass is 9.96. The Labute approximate surface area is 297 Å². The topological polar surface area (TPSA) is 25.2 Å². The molecule has 13 rings (SSSR count). The van der Waals surface area contributed by atoms with Crippen molar-refractivity contribution >= 4 is 110 Å². The van der Waals surface area contributed by atoms with Gasteiger partial charge in [0.25, 0.3) is 0 Å². The summed E-state index contributed by atoms with van der Waals surface area (Å²) in [6, 6.07) is 51.2. The average molecular weight is 664 g/mol. The van der Waals surface area contributed by atoms with Crippen LogP contribution in [0.3, 0.4) is 0 Å². The van der Waals surface area contributed by atoms with E-state index in [1.54, 1.807) is 0 Å². The number of hydrogen-bond donors (Lipinski definition) is 0. The van der Waals surface area contributed by atoms with Crippen LogP contribution in [0.2, 0.25) is 0 Å². The third-order valence-corrected chi connectivity index (χ3v) is 11.8. The van der Waals surface area contributed by atoms with Crippen LogP contribution in [0.5, 0.6) is 0 Å². The Morgan fingerprint density at radius 3 is 1.87 bits per heavy atom. The zero-order valence-corrected chi connectivity index (χ0v) is 28.1. The molecule has 5 heterocycles. The van der Waals surface area contributed by atoms with E-state index in [-0.39, 0.29) is 0 Å². The summed E-state index contributed by atoms with van der Waals surface area (Å²) in [7, 11) is 0. The molecule has 0 saturated heterocycles. The molecule has 0 fully saturated rings. The molecule has 1 aliphatic carbocycles. The number of rotatable bonds is 3. The fraction of sp³-hybridized carbons (Fsp3) is 0.0417. The Hall–Kier alpha value is -6.78. The highest BCUT2D eigenvalue weighted by Crippen LogP contribution is 2.51. The first-order chi connectivity index (χ1) is 25.8. The average Bonchev–Trinajstić information content (AvgIpc) is 3.99. The molecular weight excluding hydrogens is 635 g/mol. The van der Waals surface area contributed by atoms with Crippen molar-refractivity contribution in [1.29, 1.82) is 0 Å². The van der Waals surface area contributed by atoms with E-state index in [1.807, 2.05) is 0 Å². The van der Waals surface area contributed by atoms with Crippen LogP contribution in [0, 0.1) is 0 Å². The SMILES string of the molecule is C1=Cc2oc3c(cc4c5c6c7ccccc7n7c8cc(N(c9ccccc9)c9ccccc9)ccc8c(cc5n5c8ccccc8c3c45)c67)c2CC1. The Morgan fingerprint density at radius 1 is 0.462 bits per heavy atom. The van der Waals surface area contributed by atoms with Gasteiger partial charge in [0.15, 0.2) is 0 Å². The number of hydrogen-bond acceptors (Lipinski definition) is 2. The summed E-state index contributed by atoms with van der Waals surface area (Å²) in [5.41, 5.74) is 13.2. The van der Waals surface area contributed by atoms with E-state index >= 15 is 0 Å². The van der Waals surface area contributed by atoms with Gasteiger partial charge >= 0.3 is 0 Å². The zero-order valence-electron chi connectivity index (χ0n) is 28.1. The highest BCUT2D eigenvalue weighted by atomic mass is 16.3. The summed E-state index contributed by atoms with van der Waals surface area (Å²) in [5.74, 6) is 1.01. The predicted molar refractivity (Wildman–Crippen MR) is 218 cm³/mol. The summed E-state index contributed by atoms with van der Waals surface area (Å²) in [5, 5.41) is 11.5. The molecule has 0 atom stereocenters. The Kier molecular flexibility index (Phi) is 4.94. The number of furan rings is 1. The molecule has 0 saturated carbocycles. The molecule has 4 heteroatoms. The molecular formula is C48H29N3O. The standard InChI is InChI=1S/C48H29N3O/c1-3-13-28(14-4-1)49(29-15-5-2-6-16-29)30-23-24-31-35-27-41-43(44-33-18-7-10-20-38(33)50(46(35)44)40(31)25-30)37-26-36-32-17-9-12-22-42(32)52-48(36)45-34-19-8-11-21-39(34)51(41)47(37)45/h1-8,10-16,18-27H,9,17H2. The number of allylic oxidation sites excluding steroid dienone is 1. The number of aryl methyl sites for hydroxylation is 1. The molecule has 1 aliphatic rings. The lowest BCUT2D eigenvalue weighted by Gasteiger charge is -2.25. The minimum Gasteiger partial charge on any atom is -0.456 e. The molecule has 12 aromatic rings. The first kappa shape index (κ1) is 27.0. The minimum absolute atomic E-state index is 1.00. The van der Waals surface area contributed by atoms with Gasteiger partial charge in [0.2, 0.25) is 0 Å². The van der Waals surface area contributed by atoms with E-state index in [2.05, 4.69) is 165 Å². The molecule has 0 unspecified atom stereocenters.